The van der Waals surface area contributed by atoms with E-state index in [4.69, 9.17) is 60.1 Å². The molecule has 0 bridgehead atoms. The molecule has 0 saturated carbocycles. The van der Waals surface area contributed by atoms with E-state index in [2.05, 4.69) is 94.7 Å². The third-order valence-electron chi connectivity index (χ3n) is 15.4. The number of halogens is 15. The summed E-state index contributed by atoms with van der Waals surface area (Å²) >= 11 is 16.4. The van der Waals surface area contributed by atoms with E-state index in [1.54, 1.807) is 247 Å². The molecule has 0 fully saturated rings. The molecule has 19 aromatic rings. The van der Waals surface area contributed by atoms with E-state index in [0.717, 1.165) is 71.3 Å². The summed E-state index contributed by atoms with van der Waals surface area (Å²) in [5.74, 6) is 0.688. The van der Waals surface area contributed by atoms with Crippen molar-refractivity contribution in [3.63, 3.8) is 0 Å². The fraction of sp³-hybridized carbons (Fsp3) is 0.101. The van der Waals surface area contributed by atoms with Crippen molar-refractivity contribution in [2.75, 3.05) is 33.2 Å². The van der Waals surface area contributed by atoms with Gasteiger partial charge in [-0.1, -0.05) is 71.2 Å². The average Bonchev–Trinajstić information content (AvgIpc) is 0.883. The van der Waals surface area contributed by atoms with Crippen LogP contribution in [0.2, 0.25) is 15.2 Å². The van der Waals surface area contributed by atoms with Crippen LogP contribution in [0.5, 0.6) is 11.5 Å². The highest BCUT2D eigenvalue weighted by atomic mass is 35.5. The van der Waals surface area contributed by atoms with E-state index in [9.17, 15) is 52.7 Å². The third kappa shape index (κ3) is 77.1. The van der Waals surface area contributed by atoms with Crippen molar-refractivity contribution in [2.24, 2.45) is 0 Å². The van der Waals surface area contributed by atoms with Crippen molar-refractivity contribution < 1.29 is 62.2 Å². The van der Waals surface area contributed by atoms with Crippen LogP contribution in [0.15, 0.2) is 465 Å². The first-order chi connectivity index (χ1) is 71.7. The molecular weight excluding hydrogens is 2000 g/mol. The Morgan fingerprint density at radius 3 is 0.879 bits per heavy atom. The minimum atomic E-state index is -4.32. The molecular formula is C109H100Cl3F12N23O2. The molecule has 19 aromatic heterocycles. The second-order valence-electron chi connectivity index (χ2n) is 27.1. The molecule has 40 heteroatoms. The van der Waals surface area contributed by atoms with Gasteiger partial charge in [0.25, 0.3) is 0 Å². The third-order valence-corrected chi connectivity index (χ3v) is 16.1. The summed E-state index contributed by atoms with van der Waals surface area (Å²) in [6, 6.07) is 77.1. The van der Waals surface area contributed by atoms with Gasteiger partial charge in [0.2, 0.25) is 5.95 Å². The molecule has 768 valence electrons. The predicted octanol–water partition coefficient (Wildman–Crippen LogP) is 26.9. The molecule has 0 aliphatic heterocycles. The summed E-state index contributed by atoms with van der Waals surface area (Å²) < 4.78 is 151. The lowest BCUT2D eigenvalue weighted by molar-refractivity contribution is -0.141. The van der Waals surface area contributed by atoms with Gasteiger partial charge in [0.1, 0.15) is 51.8 Å². The first-order valence-electron chi connectivity index (χ1n) is 42.8. The molecule has 0 spiro atoms. The average molecular weight is 2100 g/mol. The van der Waals surface area contributed by atoms with Crippen LogP contribution in [-0.2, 0) is 18.5 Å². The number of hydrogen-bond donors (Lipinski definition) is 0. The van der Waals surface area contributed by atoms with Crippen molar-refractivity contribution in [1.29, 1.82) is 15.8 Å². The van der Waals surface area contributed by atoms with Gasteiger partial charge in [0.15, 0.2) is 0 Å². The first kappa shape index (κ1) is 129. The van der Waals surface area contributed by atoms with E-state index < -0.39 is 41.3 Å². The van der Waals surface area contributed by atoms with Gasteiger partial charge < -0.3 is 14.4 Å². The first-order valence-corrected chi connectivity index (χ1v) is 44.0. The van der Waals surface area contributed by atoms with Gasteiger partial charge in [-0.15, -0.1) is 0 Å². The van der Waals surface area contributed by atoms with Crippen molar-refractivity contribution in [1.82, 2.24) is 94.7 Å². The SMILES string of the molecule is CN(C)c1ccncc1.COc1cccnc1.COc1ccncc1.Cc1ccccn1.Cc1cccnc1.Cc1ccncc1.Cc1ccncc1.Clc1ccccn1.Clc1cccnc1.Clc1ccncc1.FC(F)(F)c1ccccn1.FC(F)(F)c1cccnc1.FC(F)(F)c1ccncc1.Fc1ccccn1.Fc1cccnc1.Fc1ccncc1.N#Cc1ccccn1.N#Cc1cccnc1.N#Cc1ccncc1. The Bertz CT molecular complexity index is 5540. The van der Waals surface area contributed by atoms with E-state index in [1.165, 1.54) is 108 Å². The van der Waals surface area contributed by atoms with Crippen LogP contribution in [0.25, 0.3) is 0 Å². The highest BCUT2D eigenvalue weighted by Crippen LogP contribution is 2.29. The smallest absolute Gasteiger partial charge is 0.433 e. The summed E-state index contributed by atoms with van der Waals surface area (Å²) in [6.07, 6.45) is 38.6. The Morgan fingerprint density at radius 2 is 0.678 bits per heavy atom. The van der Waals surface area contributed by atoms with Gasteiger partial charge >= 0.3 is 18.5 Å². The fourth-order valence-electron chi connectivity index (χ4n) is 8.25. The quantitative estimate of drug-likeness (QED) is 0.117. The normalized spacial score (nSPS) is 9.15. The number of nitriles is 3. The molecule has 0 radical (unpaired) electrons. The summed E-state index contributed by atoms with van der Waals surface area (Å²) in [7, 11) is 7.27. The van der Waals surface area contributed by atoms with Crippen LogP contribution in [0.1, 0.15) is 56.0 Å². The van der Waals surface area contributed by atoms with Crippen LogP contribution in [-0.4, -0.2) is 123 Å². The van der Waals surface area contributed by atoms with E-state index in [0.29, 0.717) is 27.0 Å². The Kier molecular flexibility index (Phi) is 72.8. The van der Waals surface area contributed by atoms with Crippen LogP contribution in [0.4, 0.5) is 58.4 Å². The maximum atomic E-state index is 11.9. The zero-order valence-corrected chi connectivity index (χ0v) is 83.4. The monoisotopic (exact) mass is 2100 g/mol. The van der Waals surface area contributed by atoms with Crippen molar-refractivity contribution >= 4 is 40.5 Å². The molecule has 0 unspecified atom stereocenters. The number of rotatable bonds is 3. The Morgan fingerprint density at radius 1 is 0.268 bits per heavy atom. The second kappa shape index (κ2) is 84.3. The summed E-state index contributed by atoms with van der Waals surface area (Å²) in [6.45, 7) is 8.08. The molecule has 0 atom stereocenters. The van der Waals surface area contributed by atoms with Crippen molar-refractivity contribution in [2.45, 2.75) is 46.2 Å². The molecule has 149 heavy (non-hydrogen) atoms. The number of nitrogens with zero attached hydrogens (tertiary/aromatic N) is 23. The lowest BCUT2D eigenvalue weighted by Gasteiger charge is -2.10. The van der Waals surface area contributed by atoms with Gasteiger partial charge in [-0.3, -0.25) is 79.7 Å². The molecule has 19 heterocycles. The lowest BCUT2D eigenvalue weighted by atomic mass is 10.3. The van der Waals surface area contributed by atoms with Gasteiger partial charge in [-0.25, -0.2) is 23.7 Å². The number of aryl methyl sites for hydroxylation is 4. The summed E-state index contributed by atoms with van der Waals surface area (Å²) in [5.41, 5.74) is 5.48. The number of alkyl halides is 9. The lowest BCUT2D eigenvalue weighted by Crippen LogP contribution is -2.07. The minimum Gasteiger partial charge on any atom is -0.497 e. The molecule has 25 nitrogen and oxygen atoms in total. The second-order valence-corrected chi connectivity index (χ2v) is 28.4. The van der Waals surface area contributed by atoms with Crippen molar-refractivity contribution in [3.05, 3.63) is 554 Å². The van der Waals surface area contributed by atoms with Gasteiger partial charge in [0, 0.05) is 223 Å². The molecule has 19 rings (SSSR count). The standard InChI is InChI=1S/C7H10N2.3C6H4F3N.3C6H4N2.2C6H7NO.4C6H7N.3C5H4ClN.3C5H4FN/c1-9(2)7-3-5-8-6-4-7;7-6(8,9)5-1-3-10-4-2-5;7-6(8,9)5-2-1-3-10-4-5;7-6(8,9)5-3-1-2-4-10-5;7-5-6-1-3-8-4-2-6;7-4-6-2-1-3-8-5-6;7-5-6-3-1-2-4-8-6;1-8-6-2-4-7-5-3-6;1-8-6-3-2-4-7-5-6;2*1-6-2-4-7-5-3-6;1-6-3-2-4-7-5-6;1-6-4-2-3-5-7-6;6-5-1-3-7-4-2-5;6-5-2-1-3-7-4-5;6-5-3-1-2-4-7-5;6-5-1-3-7-4-2-5;6-5-2-1-3-7-4-5;6-5-3-1-2-4-7-5/h3-6H,1-2H3;3*1-4H;1-4H;1-3,5H;1-4H;2*2-5H,1H3;4*2-5H,1H3;6*1-4H. The molecule has 0 amide bonds. The maximum Gasteiger partial charge on any atom is 0.433 e. The number of pyridine rings is 19. The van der Waals surface area contributed by atoms with E-state index in [1.807, 2.05) is 162 Å². The largest absolute Gasteiger partial charge is 0.497 e. The number of ether oxygens (including phenoxy) is 2. The molecule has 0 N–H and O–H groups in total. The minimum absolute atomic E-state index is 0.241. The van der Waals surface area contributed by atoms with Crippen LogP contribution in [0, 0.1) is 79.3 Å². The Balaban J connectivity index is 0.000000787. The topological polar surface area (TPSA) is 338 Å². The van der Waals surface area contributed by atoms with Gasteiger partial charge in [0.05, 0.1) is 60.0 Å². The fourth-order valence-corrected chi connectivity index (χ4v) is 8.63. The van der Waals surface area contributed by atoms with Gasteiger partial charge in [-0.2, -0.15) is 59.7 Å². The van der Waals surface area contributed by atoms with E-state index >= 15 is 0 Å². The van der Waals surface area contributed by atoms with Crippen molar-refractivity contribution in [3.8, 4) is 29.7 Å². The number of hydrogen-bond acceptors (Lipinski definition) is 25. The maximum absolute atomic E-state index is 11.9. The van der Waals surface area contributed by atoms with Crippen LogP contribution < -0.4 is 14.4 Å². The van der Waals surface area contributed by atoms with Crippen LogP contribution >= 0.6 is 34.8 Å². The van der Waals surface area contributed by atoms with Crippen LogP contribution in [0.3, 0.4) is 0 Å². The van der Waals surface area contributed by atoms with Gasteiger partial charge in [-0.05, 0) is 269 Å². The number of aromatic nitrogens is 19. The molecule has 0 aromatic carbocycles. The zero-order valence-electron chi connectivity index (χ0n) is 81.2. The zero-order chi connectivity index (χ0) is 110. The summed E-state index contributed by atoms with van der Waals surface area (Å²) in [4.78, 5) is 72.0. The Labute approximate surface area is 871 Å². The molecule has 0 aliphatic rings. The summed E-state index contributed by atoms with van der Waals surface area (Å²) in [5, 5.41) is 26.7. The van der Waals surface area contributed by atoms with E-state index in [-0.39, 0.29) is 11.6 Å². The number of methoxy groups -OCH3 is 2. The highest BCUT2D eigenvalue weighted by Gasteiger charge is 2.32. The molecule has 0 saturated heterocycles. The highest BCUT2D eigenvalue weighted by molar-refractivity contribution is 6.30. The Hall–Kier alpha value is -18.3. The number of anilines is 1. The molecule has 0 aliphatic carbocycles. The predicted molar refractivity (Wildman–Crippen MR) is 551 cm³/mol.